The largest absolute Gasteiger partial charge is 0.478 e. The van der Waals surface area contributed by atoms with Crippen LogP contribution in [0.5, 0.6) is 0 Å². The summed E-state index contributed by atoms with van der Waals surface area (Å²) >= 11 is 5.62. The Bertz CT molecular complexity index is 736. The second-order valence-corrected chi connectivity index (χ2v) is 4.46. The number of carbonyl (C=O) groups is 1. The van der Waals surface area contributed by atoms with Gasteiger partial charge in [-0.25, -0.2) is 9.18 Å². The summed E-state index contributed by atoms with van der Waals surface area (Å²) in [6.45, 7) is 0. The molecule has 0 atom stereocenters. The Morgan fingerprint density at radius 2 is 2.00 bits per heavy atom. The number of carboxylic acids is 1. The third-order valence-corrected chi connectivity index (χ3v) is 2.93. The van der Waals surface area contributed by atoms with Crippen molar-refractivity contribution in [3.63, 3.8) is 0 Å². The number of benzene rings is 2. The lowest BCUT2D eigenvalue weighted by molar-refractivity contribution is -0.383. The highest BCUT2D eigenvalue weighted by atomic mass is 35.5. The summed E-state index contributed by atoms with van der Waals surface area (Å²) in [5.41, 5.74) is -0.194. The van der Waals surface area contributed by atoms with Crippen LogP contribution in [0, 0.1) is 15.9 Å². The predicted octanol–water partition coefficient (Wildman–Crippen LogP) is 3.83. The van der Waals surface area contributed by atoms with Crippen molar-refractivity contribution in [3.05, 3.63) is 62.9 Å². The second-order valence-electron chi connectivity index (χ2n) is 4.05. The molecule has 0 saturated heterocycles. The van der Waals surface area contributed by atoms with Crippen LogP contribution in [0.3, 0.4) is 0 Å². The average molecular weight is 311 g/mol. The van der Waals surface area contributed by atoms with Crippen molar-refractivity contribution in [3.8, 4) is 0 Å². The van der Waals surface area contributed by atoms with Gasteiger partial charge in [-0.15, -0.1) is 0 Å². The Kier molecular flexibility index (Phi) is 4.04. The lowest BCUT2D eigenvalue weighted by Crippen LogP contribution is -2.01. The summed E-state index contributed by atoms with van der Waals surface area (Å²) in [4.78, 5) is 21.1. The van der Waals surface area contributed by atoms with E-state index in [4.69, 9.17) is 16.7 Å². The highest BCUT2D eigenvalue weighted by Crippen LogP contribution is 2.30. The van der Waals surface area contributed by atoms with Gasteiger partial charge in [-0.2, -0.15) is 0 Å². The van der Waals surface area contributed by atoms with Crippen LogP contribution in [0.15, 0.2) is 36.4 Å². The fourth-order valence-electron chi connectivity index (χ4n) is 1.65. The first-order valence-corrected chi connectivity index (χ1v) is 6.00. The molecule has 0 radical (unpaired) electrons. The molecule has 0 spiro atoms. The van der Waals surface area contributed by atoms with E-state index in [2.05, 4.69) is 5.32 Å². The molecule has 0 aliphatic heterocycles. The van der Waals surface area contributed by atoms with Crippen molar-refractivity contribution in [2.75, 3.05) is 5.32 Å². The molecular weight excluding hydrogens is 303 g/mol. The molecule has 108 valence electrons. The monoisotopic (exact) mass is 310 g/mol. The molecule has 2 aromatic rings. The number of nitrogens with one attached hydrogen (secondary N) is 1. The van der Waals surface area contributed by atoms with Gasteiger partial charge < -0.3 is 10.4 Å². The number of nitrogens with zero attached hydrogens (tertiary/aromatic N) is 1. The van der Waals surface area contributed by atoms with Gasteiger partial charge in [-0.1, -0.05) is 11.6 Å². The van der Waals surface area contributed by atoms with Crippen molar-refractivity contribution in [1.29, 1.82) is 0 Å². The minimum atomic E-state index is -1.27. The number of nitro benzene ring substituents is 1. The first kappa shape index (κ1) is 14.7. The van der Waals surface area contributed by atoms with Crippen molar-refractivity contribution in [2.24, 2.45) is 0 Å². The highest BCUT2D eigenvalue weighted by Gasteiger charge is 2.17. The van der Waals surface area contributed by atoms with Crippen LogP contribution in [-0.4, -0.2) is 16.0 Å². The summed E-state index contributed by atoms with van der Waals surface area (Å²) in [6, 6.07) is 7.17. The molecule has 0 amide bonds. The van der Waals surface area contributed by atoms with Gasteiger partial charge in [-0.05, 0) is 30.3 Å². The maximum Gasteiger partial charge on any atom is 0.335 e. The van der Waals surface area contributed by atoms with Crippen molar-refractivity contribution in [2.45, 2.75) is 0 Å². The Morgan fingerprint density at radius 3 is 2.57 bits per heavy atom. The van der Waals surface area contributed by atoms with E-state index in [1.165, 1.54) is 24.3 Å². The van der Waals surface area contributed by atoms with Gasteiger partial charge in [0.25, 0.3) is 5.69 Å². The standard InChI is InChI=1S/C13H8ClFN2O4/c14-9-6-8(2-3-10(9)15)16-11-4-1-7(13(18)19)5-12(11)17(20)21/h1-6,16H,(H,18,19). The van der Waals surface area contributed by atoms with Gasteiger partial charge in [0.05, 0.1) is 15.5 Å². The molecule has 0 bridgehead atoms. The first-order valence-electron chi connectivity index (χ1n) is 5.62. The van der Waals surface area contributed by atoms with Crippen molar-refractivity contribution < 1.29 is 19.2 Å². The summed E-state index contributed by atoms with van der Waals surface area (Å²) in [6.07, 6.45) is 0. The number of hydrogen-bond acceptors (Lipinski definition) is 4. The number of rotatable bonds is 4. The molecule has 0 saturated carbocycles. The molecule has 2 N–H and O–H groups in total. The molecule has 6 nitrogen and oxygen atoms in total. The number of carboxylic acid groups (broad SMARTS) is 1. The molecule has 21 heavy (non-hydrogen) atoms. The third-order valence-electron chi connectivity index (χ3n) is 2.64. The summed E-state index contributed by atoms with van der Waals surface area (Å²) in [5.74, 6) is -1.88. The first-order chi connectivity index (χ1) is 9.88. The van der Waals surface area contributed by atoms with E-state index >= 15 is 0 Å². The lowest BCUT2D eigenvalue weighted by Gasteiger charge is -2.08. The van der Waals surface area contributed by atoms with Crippen LogP contribution in [0.4, 0.5) is 21.5 Å². The maximum absolute atomic E-state index is 13.1. The fraction of sp³-hybridized carbons (Fsp3) is 0. The van der Waals surface area contributed by atoms with Crippen LogP contribution < -0.4 is 5.32 Å². The Labute approximate surface area is 122 Å². The van der Waals surface area contributed by atoms with Gasteiger partial charge >= 0.3 is 5.97 Å². The van der Waals surface area contributed by atoms with E-state index < -0.39 is 22.4 Å². The van der Waals surface area contributed by atoms with Crippen LogP contribution in [0.1, 0.15) is 10.4 Å². The Hall–Kier alpha value is -2.67. The maximum atomic E-state index is 13.1. The lowest BCUT2D eigenvalue weighted by atomic mass is 10.1. The topological polar surface area (TPSA) is 92.5 Å². The number of hydrogen-bond donors (Lipinski definition) is 2. The second kappa shape index (κ2) is 5.76. The molecule has 0 fully saturated rings. The van der Waals surface area contributed by atoms with Gasteiger partial charge in [0, 0.05) is 11.8 Å². The van der Waals surface area contributed by atoms with E-state index in [1.54, 1.807) is 0 Å². The molecule has 8 heteroatoms. The van der Waals surface area contributed by atoms with Gasteiger partial charge in [0.2, 0.25) is 0 Å². The summed E-state index contributed by atoms with van der Waals surface area (Å²) in [5, 5.41) is 22.4. The Balaban J connectivity index is 2.41. The fourth-order valence-corrected chi connectivity index (χ4v) is 1.83. The summed E-state index contributed by atoms with van der Waals surface area (Å²) < 4.78 is 13.1. The normalized spacial score (nSPS) is 10.2. The van der Waals surface area contributed by atoms with E-state index in [9.17, 15) is 19.3 Å². The predicted molar refractivity (Wildman–Crippen MR) is 74.7 cm³/mol. The van der Waals surface area contributed by atoms with Gasteiger partial charge in [0.15, 0.2) is 0 Å². The highest BCUT2D eigenvalue weighted by molar-refractivity contribution is 6.31. The Morgan fingerprint density at radius 1 is 1.29 bits per heavy atom. The van der Waals surface area contributed by atoms with E-state index in [1.807, 2.05) is 0 Å². The molecule has 0 unspecified atom stereocenters. The van der Waals surface area contributed by atoms with E-state index in [-0.39, 0.29) is 16.3 Å². The van der Waals surface area contributed by atoms with Crippen LogP contribution >= 0.6 is 11.6 Å². The average Bonchev–Trinajstić information content (AvgIpc) is 2.43. The number of aromatic carboxylic acids is 1. The van der Waals surface area contributed by atoms with Crippen LogP contribution in [0.2, 0.25) is 5.02 Å². The number of anilines is 2. The number of nitro groups is 1. The van der Waals surface area contributed by atoms with Crippen LogP contribution in [-0.2, 0) is 0 Å². The molecule has 2 rings (SSSR count). The quantitative estimate of drug-likeness (QED) is 0.661. The van der Waals surface area contributed by atoms with E-state index in [0.717, 1.165) is 12.1 Å². The minimum absolute atomic E-state index is 0.0766. The molecule has 0 aliphatic carbocycles. The van der Waals surface area contributed by atoms with Gasteiger partial charge in [0.1, 0.15) is 11.5 Å². The zero-order valence-corrected chi connectivity index (χ0v) is 11.1. The van der Waals surface area contributed by atoms with Crippen molar-refractivity contribution in [1.82, 2.24) is 0 Å². The molecular formula is C13H8ClFN2O4. The third kappa shape index (κ3) is 3.26. The molecule has 0 heterocycles. The van der Waals surface area contributed by atoms with E-state index in [0.29, 0.717) is 5.69 Å². The molecule has 0 aromatic heterocycles. The number of halogens is 2. The van der Waals surface area contributed by atoms with Crippen LogP contribution in [0.25, 0.3) is 0 Å². The molecule has 2 aromatic carbocycles. The zero-order valence-electron chi connectivity index (χ0n) is 10.3. The summed E-state index contributed by atoms with van der Waals surface area (Å²) in [7, 11) is 0. The smallest absolute Gasteiger partial charge is 0.335 e. The molecule has 0 aliphatic rings. The van der Waals surface area contributed by atoms with Gasteiger partial charge in [-0.3, -0.25) is 10.1 Å². The minimum Gasteiger partial charge on any atom is -0.478 e. The zero-order chi connectivity index (χ0) is 15.6. The SMILES string of the molecule is O=C(O)c1ccc(Nc2ccc(F)c(Cl)c2)c([N+](=O)[O-])c1. The van der Waals surface area contributed by atoms with Crippen molar-refractivity contribution >= 4 is 34.6 Å².